The summed E-state index contributed by atoms with van der Waals surface area (Å²) in [6, 6.07) is 0.204. The summed E-state index contributed by atoms with van der Waals surface area (Å²) in [5.41, 5.74) is -0.441. The van der Waals surface area contributed by atoms with Gasteiger partial charge in [-0.05, 0) is 46.0 Å². The van der Waals surface area contributed by atoms with E-state index in [0.29, 0.717) is 5.92 Å². The molecule has 1 fully saturated rings. The summed E-state index contributed by atoms with van der Waals surface area (Å²) in [7, 11) is 0. The van der Waals surface area contributed by atoms with Crippen molar-refractivity contribution in [2.75, 3.05) is 6.61 Å². The van der Waals surface area contributed by atoms with Gasteiger partial charge in [0.15, 0.2) is 0 Å². The van der Waals surface area contributed by atoms with Crippen LogP contribution in [0.1, 0.15) is 52.9 Å². The van der Waals surface area contributed by atoms with Gasteiger partial charge < -0.3 is 15.2 Å². The highest BCUT2D eigenvalue weighted by molar-refractivity contribution is 5.68. The lowest BCUT2D eigenvalue weighted by Gasteiger charge is -2.30. The van der Waals surface area contributed by atoms with Crippen molar-refractivity contribution in [2.24, 2.45) is 5.92 Å². The number of alkyl carbamates (subject to hydrolysis) is 1. The van der Waals surface area contributed by atoms with E-state index in [0.717, 1.165) is 32.1 Å². The minimum Gasteiger partial charge on any atom is -0.444 e. The topological polar surface area (TPSA) is 58.6 Å². The highest BCUT2D eigenvalue weighted by Crippen LogP contribution is 2.26. The molecule has 0 bridgehead atoms. The summed E-state index contributed by atoms with van der Waals surface area (Å²) in [4.78, 5) is 11.6. The van der Waals surface area contributed by atoms with Gasteiger partial charge in [-0.3, -0.25) is 0 Å². The van der Waals surface area contributed by atoms with Crippen LogP contribution in [0.2, 0.25) is 0 Å². The van der Waals surface area contributed by atoms with Crippen LogP contribution < -0.4 is 5.32 Å². The SMILES string of the molecule is CC(C)(C)OC(=O)N[C@H]1CCC[C@@H](CCO)C1. The Bertz CT molecular complexity index is 246. The number of carbonyl (C=O) groups is 1. The summed E-state index contributed by atoms with van der Waals surface area (Å²) >= 11 is 0. The van der Waals surface area contributed by atoms with E-state index in [9.17, 15) is 4.79 Å². The van der Waals surface area contributed by atoms with Crippen molar-refractivity contribution in [1.29, 1.82) is 0 Å². The number of ether oxygens (including phenoxy) is 1. The van der Waals surface area contributed by atoms with Crippen LogP contribution in [0.5, 0.6) is 0 Å². The first-order valence-electron chi connectivity index (χ1n) is 6.51. The molecule has 2 N–H and O–H groups in total. The van der Waals surface area contributed by atoms with Crippen molar-refractivity contribution in [2.45, 2.75) is 64.5 Å². The largest absolute Gasteiger partial charge is 0.444 e. The van der Waals surface area contributed by atoms with Gasteiger partial charge in [0, 0.05) is 12.6 Å². The van der Waals surface area contributed by atoms with E-state index in [1.807, 2.05) is 20.8 Å². The first kappa shape index (κ1) is 14.3. The van der Waals surface area contributed by atoms with Gasteiger partial charge in [-0.15, -0.1) is 0 Å². The minimum atomic E-state index is -0.441. The van der Waals surface area contributed by atoms with Gasteiger partial charge in [-0.1, -0.05) is 12.8 Å². The van der Waals surface area contributed by atoms with Gasteiger partial charge in [-0.25, -0.2) is 4.79 Å². The van der Waals surface area contributed by atoms with Gasteiger partial charge in [0.25, 0.3) is 0 Å². The lowest BCUT2D eigenvalue weighted by Crippen LogP contribution is -2.41. The first-order valence-corrected chi connectivity index (χ1v) is 6.51. The Hall–Kier alpha value is -0.770. The lowest BCUT2D eigenvalue weighted by atomic mass is 9.84. The second-order valence-corrected chi connectivity index (χ2v) is 5.89. The predicted octanol–water partition coefficient (Wildman–Crippen LogP) is 2.45. The molecule has 0 saturated heterocycles. The number of aliphatic hydroxyl groups excluding tert-OH is 1. The van der Waals surface area contributed by atoms with E-state index >= 15 is 0 Å². The molecule has 0 aromatic heterocycles. The molecule has 4 heteroatoms. The van der Waals surface area contributed by atoms with Crippen LogP contribution in [0.25, 0.3) is 0 Å². The molecule has 1 rings (SSSR count). The van der Waals surface area contributed by atoms with E-state index in [4.69, 9.17) is 9.84 Å². The molecular formula is C13H25NO3. The van der Waals surface area contributed by atoms with Gasteiger partial charge in [-0.2, -0.15) is 0 Å². The van der Waals surface area contributed by atoms with Gasteiger partial charge >= 0.3 is 6.09 Å². The normalized spacial score (nSPS) is 25.4. The molecule has 1 amide bonds. The van der Waals surface area contributed by atoms with Crippen LogP contribution >= 0.6 is 0 Å². The Morgan fingerprint density at radius 3 is 2.71 bits per heavy atom. The van der Waals surface area contributed by atoms with Gasteiger partial charge in [0.05, 0.1) is 0 Å². The number of aliphatic hydroxyl groups is 1. The fourth-order valence-electron chi connectivity index (χ4n) is 2.34. The van der Waals surface area contributed by atoms with E-state index in [1.54, 1.807) is 0 Å². The van der Waals surface area contributed by atoms with Gasteiger partial charge in [0.1, 0.15) is 5.60 Å². The van der Waals surface area contributed by atoms with Crippen LogP contribution in [-0.2, 0) is 4.74 Å². The van der Waals surface area contributed by atoms with Crippen LogP contribution in [-0.4, -0.2) is 29.4 Å². The van der Waals surface area contributed by atoms with Crippen molar-refractivity contribution >= 4 is 6.09 Å². The molecule has 1 aliphatic rings. The summed E-state index contributed by atoms with van der Waals surface area (Å²) in [5, 5.41) is 11.8. The smallest absolute Gasteiger partial charge is 0.407 e. The van der Waals surface area contributed by atoms with Crippen molar-refractivity contribution < 1.29 is 14.6 Å². The Balaban J connectivity index is 2.33. The average molecular weight is 243 g/mol. The molecule has 0 heterocycles. The highest BCUT2D eigenvalue weighted by Gasteiger charge is 2.24. The summed E-state index contributed by atoms with van der Waals surface area (Å²) in [5.74, 6) is 0.536. The fraction of sp³-hybridized carbons (Fsp3) is 0.923. The summed E-state index contributed by atoms with van der Waals surface area (Å²) in [6.45, 7) is 5.83. The Morgan fingerprint density at radius 1 is 1.41 bits per heavy atom. The maximum Gasteiger partial charge on any atom is 0.407 e. The first-order chi connectivity index (χ1) is 7.90. The quantitative estimate of drug-likeness (QED) is 0.800. The van der Waals surface area contributed by atoms with Crippen LogP contribution in [0.15, 0.2) is 0 Å². The number of nitrogens with one attached hydrogen (secondary N) is 1. The number of hydrogen-bond acceptors (Lipinski definition) is 3. The Morgan fingerprint density at radius 2 is 2.12 bits per heavy atom. The zero-order valence-electron chi connectivity index (χ0n) is 11.2. The van der Waals surface area contributed by atoms with Crippen LogP contribution in [0.4, 0.5) is 4.79 Å². The molecule has 0 aromatic carbocycles. The average Bonchev–Trinajstić information content (AvgIpc) is 2.15. The lowest BCUT2D eigenvalue weighted by molar-refractivity contribution is 0.0482. The van der Waals surface area contributed by atoms with Crippen LogP contribution in [0, 0.1) is 5.92 Å². The van der Waals surface area contributed by atoms with E-state index in [1.165, 1.54) is 0 Å². The zero-order valence-corrected chi connectivity index (χ0v) is 11.2. The number of rotatable bonds is 3. The molecule has 4 nitrogen and oxygen atoms in total. The number of amides is 1. The molecule has 1 aliphatic carbocycles. The molecule has 0 aliphatic heterocycles. The maximum atomic E-state index is 11.6. The molecule has 1 saturated carbocycles. The Labute approximate surface area is 104 Å². The third kappa shape index (κ3) is 5.91. The maximum absolute atomic E-state index is 11.6. The molecule has 2 atom stereocenters. The van der Waals surface area contributed by atoms with Crippen molar-refractivity contribution in [1.82, 2.24) is 5.32 Å². The number of carbonyl (C=O) groups excluding carboxylic acids is 1. The van der Waals surface area contributed by atoms with E-state index in [-0.39, 0.29) is 18.7 Å². The van der Waals surface area contributed by atoms with E-state index in [2.05, 4.69) is 5.32 Å². The zero-order chi connectivity index (χ0) is 12.9. The third-order valence-electron chi connectivity index (χ3n) is 3.04. The van der Waals surface area contributed by atoms with E-state index < -0.39 is 5.60 Å². The van der Waals surface area contributed by atoms with Crippen LogP contribution in [0.3, 0.4) is 0 Å². The molecule has 17 heavy (non-hydrogen) atoms. The molecule has 0 radical (unpaired) electrons. The second kappa shape index (κ2) is 6.24. The molecule has 0 aromatic rings. The van der Waals surface area contributed by atoms with Gasteiger partial charge in [0.2, 0.25) is 0 Å². The monoisotopic (exact) mass is 243 g/mol. The Kier molecular flexibility index (Phi) is 5.25. The molecule has 100 valence electrons. The predicted molar refractivity (Wildman–Crippen MR) is 66.8 cm³/mol. The number of hydrogen-bond donors (Lipinski definition) is 2. The fourth-order valence-corrected chi connectivity index (χ4v) is 2.34. The summed E-state index contributed by atoms with van der Waals surface area (Å²) in [6.07, 6.45) is 4.76. The van der Waals surface area contributed by atoms with Crippen molar-refractivity contribution in [3.63, 3.8) is 0 Å². The minimum absolute atomic E-state index is 0.204. The van der Waals surface area contributed by atoms with Crippen molar-refractivity contribution in [3.05, 3.63) is 0 Å². The standard InChI is InChI=1S/C13H25NO3/c1-13(2,3)17-12(16)14-11-6-4-5-10(9-11)7-8-15/h10-11,15H,4-9H2,1-3H3,(H,14,16)/t10-,11-/m0/s1. The molecule has 0 unspecified atom stereocenters. The highest BCUT2D eigenvalue weighted by atomic mass is 16.6. The summed E-state index contributed by atoms with van der Waals surface area (Å²) < 4.78 is 5.24. The van der Waals surface area contributed by atoms with Crippen molar-refractivity contribution in [3.8, 4) is 0 Å². The molecule has 0 spiro atoms. The second-order valence-electron chi connectivity index (χ2n) is 5.89. The molecular weight excluding hydrogens is 218 g/mol. The third-order valence-corrected chi connectivity index (χ3v) is 3.04.